The highest BCUT2D eigenvalue weighted by atomic mass is 35.5. The summed E-state index contributed by atoms with van der Waals surface area (Å²) in [6.45, 7) is 0.434. The lowest BCUT2D eigenvalue weighted by atomic mass is 10.3. The summed E-state index contributed by atoms with van der Waals surface area (Å²) in [7, 11) is 0. The minimum absolute atomic E-state index is 0.434. The molecule has 2 rings (SSSR count). The molecule has 0 aromatic carbocycles. The van der Waals surface area contributed by atoms with Gasteiger partial charge in [-0.3, -0.25) is 4.98 Å². The van der Waals surface area contributed by atoms with Gasteiger partial charge in [0.2, 0.25) is 0 Å². The maximum absolute atomic E-state index is 5.87. The van der Waals surface area contributed by atoms with Gasteiger partial charge >= 0.3 is 0 Å². The van der Waals surface area contributed by atoms with E-state index in [1.165, 1.54) is 12.8 Å². The van der Waals surface area contributed by atoms with Crippen molar-refractivity contribution in [2.45, 2.75) is 25.3 Å². The maximum atomic E-state index is 5.87. The molecule has 1 aliphatic rings. The molecule has 1 aliphatic carbocycles. The summed E-state index contributed by atoms with van der Waals surface area (Å²) in [4.78, 5) is 8.37. The normalized spacial score (nSPS) is 16.5. The molecule has 1 saturated carbocycles. The summed E-state index contributed by atoms with van der Waals surface area (Å²) in [5, 5.41) is 0.537. The Labute approximate surface area is 76.0 Å². The monoisotopic (exact) mass is 183 g/mol. The SMILES string of the molecule is NCc1cnc(Cl)c(C2CC2)n1. The molecule has 0 bridgehead atoms. The topological polar surface area (TPSA) is 51.8 Å². The number of halogens is 1. The molecule has 0 atom stereocenters. The van der Waals surface area contributed by atoms with Crippen molar-refractivity contribution in [3.8, 4) is 0 Å². The lowest BCUT2D eigenvalue weighted by Crippen LogP contribution is -2.03. The number of aromatic nitrogens is 2. The summed E-state index contributed by atoms with van der Waals surface area (Å²) in [5.74, 6) is 0.538. The Balaban J connectivity index is 2.36. The molecule has 1 heterocycles. The second-order valence-corrected chi connectivity index (χ2v) is 3.37. The van der Waals surface area contributed by atoms with Crippen molar-refractivity contribution >= 4 is 11.6 Å². The molecule has 4 heteroatoms. The fourth-order valence-electron chi connectivity index (χ4n) is 1.14. The Bertz CT molecular complexity index is 296. The number of hydrogen-bond donors (Lipinski definition) is 1. The van der Waals surface area contributed by atoms with E-state index in [0.717, 1.165) is 11.4 Å². The first kappa shape index (κ1) is 7.95. The first-order valence-electron chi connectivity index (χ1n) is 4.02. The second kappa shape index (κ2) is 2.99. The molecule has 0 radical (unpaired) electrons. The molecule has 1 aromatic rings. The van der Waals surface area contributed by atoms with Crippen LogP contribution in [0.5, 0.6) is 0 Å². The van der Waals surface area contributed by atoms with Crippen molar-refractivity contribution in [2.24, 2.45) is 5.73 Å². The second-order valence-electron chi connectivity index (χ2n) is 3.02. The quantitative estimate of drug-likeness (QED) is 0.756. The summed E-state index contributed by atoms with van der Waals surface area (Å²) < 4.78 is 0. The summed E-state index contributed by atoms with van der Waals surface area (Å²) >= 11 is 5.87. The van der Waals surface area contributed by atoms with Gasteiger partial charge in [0.05, 0.1) is 17.6 Å². The molecule has 2 N–H and O–H groups in total. The van der Waals surface area contributed by atoms with Gasteiger partial charge in [-0.25, -0.2) is 4.98 Å². The minimum Gasteiger partial charge on any atom is -0.325 e. The molecule has 0 amide bonds. The Morgan fingerprint density at radius 1 is 1.58 bits per heavy atom. The van der Waals surface area contributed by atoms with Crippen LogP contribution in [0.15, 0.2) is 6.20 Å². The number of rotatable bonds is 2. The average Bonchev–Trinajstić information content (AvgIpc) is 2.88. The molecule has 1 fully saturated rings. The Morgan fingerprint density at radius 3 is 2.92 bits per heavy atom. The predicted octanol–water partition coefficient (Wildman–Crippen LogP) is 1.47. The summed E-state index contributed by atoms with van der Waals surface area (Å²) in [6.07, 6.45) is 4.00. The molecule has 0 saturated heterocycles. The Kier molecular flexibility index (Phi) is 1.98. The molecule has 0 unspecified atom stereocenters. The van der Waals surface area contributed by atoms with Crippen molar-refractivity contribution in [3.63, 3.8) is 0 Å². The van der Waals surface area contributed by atoms with Crippen LogP contribution in [0.2, 0.25) is 5.15 Å². The Morgan fingerprint density at radius 2 is 2.33 bits per heavy atom. The van der Waals surface area contributed by atoms with Crippen molar-refractivity contribution in [1.82, 2.24) is 9.97 Å². The van der Waals surface area contributed by atoms with E-state index in [-0.39, 0.29) is 0 Å². The highest BCUT2D eigenvalue weighted by Crippen LogP contribution is 2.41. The lowest BCUT2D eigenvalue weighted by Gasteiger charge is -2.01. The molecule has 12 heavy (non-hydrogen) atoms. The third-order valence-electron chi connectivity index (χ3n) is 1.98. The molecular weight excluding hydrogens is 174 g/mol. The van der Waals surface area contributed by atoms with Gasteiger partial charge in [-0.05, 0) is 12.8 Å². The van der Waals surface area contributed by atoms with E-state index in [2.05, 4.69) is 9.97 Å². The highest BCUT2D eigenvalue weighted by molar-refractivity contribution is 6.30. The number of hydrogen-bond acceptors (Lipinski definition) is 3. The average molecular weight is 184 g/mol. The van der Waals surface area contributed by atoms with Gasteiger partial charge in [-0.2, -0.15) is 0 Å². The van der Waals surface area contributed by atoms with Gasteiger partial charge in [-0.15, -0.1) is 0 Å². The first-order valence-corrected chi connectivity index (χ1v) is 4.40. The largest absolute Gasteiger partial charge is 0.325 e. The summed E-state index contributed by atoms with van der Waals surface area (Å²) in [5.41, 5.74) is 7.19. The van der Waals surface area contributed by atoms with Crippen molar-refractivity contribution < 1.29 is 0 Å². The van der Waals surface area contributed by atoms with Gasteiger partial charge in [0.25, 0.3) is 0 Å². The Hall–Kier alpha value is -0.670. The van der Waals surface area contributed by atoms with Crippen LogP contribution in [-0.4, -0.2) is 9.97 Å². The third-order valence-corrected chi connectivity index (χ3v) is 2.27. The third kappa shape index (κ3) is 1.42. The highest BCUT2D eigenvalue weighted by Gasteiger charge is 2.28. The van der Waals surface area contributed by atoms with Crippen molar-refractivity contribution in [2.75, 3.05) is 0 Å². The van der Waals surface area contributed by atoms with E-state index in [1.54, 1.807) is 6.20 Å². The van der Waals surface area contributed by atoms with Gasteiger partial charge in [0.15, 0.2) is 5.15 Å². The molecule has 0 spiro atoms. The molecule has 64 valence electrons. The molecule has 3 nitrogen and oxygen atoms in total. The number of nitrogens with zero attached hydrogens (tertiary/aromatic N) is 2. The summed E-state index contributed by atoms with van der Waals surface area (Å²) in [6, 6.07) is 0. The van der Waals surface area contributed by atoms with Crippen LogP contribution < -0.4 is 5.73 Å². The zero-order valence-electron chi connectivity index (χ0n) is 6.63. The smallest absolute Gasteiger partial charge is 0.150 e. The predicted molar refractivity (Wildman–Crippen MR) is 46.9 cm³/mol. The van der Waals surface area contributed by atoms with E-state index in [1.807, 2.05) is 0 Å². The van der Waals surface area contributed by atoms with Crippen LogP contribution in [0, 0.1) is 0 Å². The fraction of sp³-hybridized carbons (Fsp3) is 0.500. The lowest BCUT2D eigenvalue weighted by molar-refractivity contribution is 0.898. The zero-order chi connectivity index (χ0) is 8.55. The van der Waals surface area contributed by atoms with Gasteiger partial charge in [-0.1, -0.05) is 11.6 Å². The zero-order valence-corrected chi connectivity index (χ0v) is 7.38. The van der Waals surface area contributed by atoms with E-state index < -0.39 is 0 Å². The van der Waals surface area contributed by atoms with E-state index in [0.29, 0.717) is 17.6 Å². The van der Waals surface area contributed by atoms with Gasteiger partial charge in [0, 0.05) is 12.5 Å². The molecule has 0 aliphatic heterocycles. The number of nitrogens with two attached hydrogens (primary N) is 1. The van der Waals surface area contributed by atoms with Crippen LogP contribution in [0.1, 0.15) is 30.1 Å². The van der Waals surface area contributed by atoms with E-state index in [4.69, 9.17) is 17.3 Å². The van der Waals surface area contributed by atoms with Crippen LogP contribution in [0.3, 0.4) is 0 Å². The van der Waals surface area contributed by atoms with Crippen molar-refractivity contribution in [1.29, 1.82) is 0 Å². The van der Waals surface area contributed by atoms with Crippen LogP contribution in [0.25, 0.3) is 0 Å². The maximum Gasteiger partial charge on any atom is 0.150 e. The molecule has 1 aromatic heterocycles. The van der Waals surface area contributed by atoms with Crippen molar-refractivity contribution in [3.05, 3.63) is 22.7 Å². The van der Waals surface area contributed by atoms with Gasteiger partial charge < -0.3 is 5.73 Å². The van der Waals surface area contributed by atoms with E-state index >= 15 is 0 Å². The van der Waals surface area contributed by atoms with Crippen LogP contribution >= 0.6 is 11.6 Å². The standard InChI is InChI=1S/C8H10ClN3/c9-8-7(5-1-2-5)12-6(3-10)4-11-8/h4-5H,1-3,10H2. The first-order chi connectivity index (χ1) is 5.81. The van der Waals surface area contributed by atoms with Crippen LogP contribution in [0.4, 0.5) is 0 Å². The molecular formula is C8H10ClN3. The van der Waals surface area contributed by atoms with Gasteiger partial charge in [0.1, 0.15) is 0 Å². The fourth-order valence-corrected chi connectivity index (χ4v) is 1.39. The van der Waals surface area contributed by atoms with E-state index in [9.17, 15) is 0 Å². The minimum atomic E-state index is 0.434. The van der Waals surface area contributed by atoms with Crippen LogP contribution in [-0.2, 0) is 6.54 Å².